The summed E-state index contributed by atoms with van der Waals surface area (Å²) in [6.45, 7) is 4.53. The van der Waals surface area contributed by atoms with Gasteiger partial charge in [-0.2, -0.15) is 0 Å². The molecule has 0 atom stereocenters. The normalized spacial score (nSPS) is 11.3. The Labute approximate surface area is 178 Å². The van der Waals surface area contributed by atoms with Crippen molar-refractivity contribution in [3.8, 4) is 0 Å². The summed E-state index contributed by atoms with van der Waals surface area (Å²) in [6.07, 6.45) is 0. The maximum absolute atomic E-state index is 2.40. The van der Waals surface area contributed by atoms with Gasteiger partial charge >= 0.3 is 0 Å². The molecule has 1 nitrogen and oxygen atoms in total. The van der Waals surface area contributed by atoms with Crippen LogP contribution in [0.15, 0.2) is 109 Å². The number of hydrogen-bond donors (Lipinski definition) is 0. The quantitative estimate of drug-likeness (QED) is 0.298. The Hall–Kier alpha value is -3.58. The topological polar surface area (TPSA) is 3.24 Å². The van der Waals surface area contributed by atoms with Crippen molar-refractivity contribution in [3.63, 3.8) is 0 Å². The highest BCUT2D eigenvalue weighted by Gasteiger charge is 2.18. The van der Waals surface area contributed by atoms with E-state index < -0.39 is 0 Å². The van der Waals surface area contributed by atoms with E-state index in [-0.39, 0.29) is 0 Å². The van der Waals surface area contributed by atoms with Gasteiger partial charge in [-0.15, -0.1) is 0 Å². The van der Waals surface area contributed by atoms with Crippen LogP contribution in [0, 0.1) is 0 Å². The summed E-state index contributed by atoms with van der Waals surface area (Å²) in [5.41, 5.74) is 4.95. The first-order valence-electron chi connectivity index (χ1n) is 10.6. The molecule has 0 radical (unpaired) electrons. The molecule has 5 aromatic rings. The fraction of sp³-hybridized carbons (Fsp3) is 0.103. The smallest absolute Gasteiger partial charge is 0.0540 e. The largest absolute Gasteiger partial charge is 0.309 e. The first kappa shape index (κ1) is 18.4. The minimum absolute atomic E-state index is 0.478. The van der Waals surface area contributed by atoms with Gasteiger partial charge < -0.3 is 4.90 Å². The molecule has 0 N–H and O–H groups in total. The standard InChI is InChI=1S/C29H25N/c1-21(2)24-16-9-18-27-26(24)17-10-20-29(27)30(23-13-4-3-5-14-23)28-19-8-12-22-11-6-7-15-25(22)28/h3-21H,1-2H3. The number of anilines is 3. The van der Waals surface area contributed by atoms with E-state index in [1.807, 2.05) is 0 Å². The first-order valence-corrected chi connectivity index (χ1v) is 10.6. The summed E-state index contributed by atoms with van der Waals surface area (Å²) in [4.78, 5) is 2.40. The van der Waals surface area contributed by atoms with Crippen LogP contribution in [0.3, 0.4) is 0 Å². The van der Waals surface area contributed by atoms with E-state index >= 15 is 0 Å². The molecule has 30 heavy (non-hydrogen) atoms. The molecule has 1 heteroatoms. The molecule has 5 rings (SSSR count). The molecule has 0 saturated carbocycles. The second-order valence-electron chi connectivity index (χ2n) is 8.04. The first-order chi connectivity index (χ1) is 14.7. The van der Waals surface area contributed by atoms with E-state index in [2.05, 4.69) is 128 Å². The molecule has 0 bridgehead atoms. The minimum atomic E-state index is 0.478. The third kappa shape index (κ3) is 3.13. The average Bonchev–Trinajstić information content (AvgIpc) is 2.80. The van der Waals surface area contributed by atoms with Gasteiger partial charge in [0, 0.05) is 16.5 Å². The van der Waals surface area contributed by atoms with E-state index in [1.165, 1.54) is 38.5 Å². The lowest BCUT2D eigenvalue weighted by Gasteiger charge is -2.28. The van der Waals surface area contributed by atoms with E-state index in [1.54, 1.807) is 0 Å². The van der Waals surface area contributed by atoms with Gasteiger partial charge in [0.1, 0.15) is 0 Å². The highest BCUT2D eigenvalue weighted by atomic mass is 15.1. The zero-order chi connectivity index (χ0) is 20.5. The molecule has 0 amide bonds. The lowest BCUT2D eigenvalue weighted by atomic mass is 9.94. The Morgan fingerprint density at radius 3 is 1.87 bits per heavy atom. The molecule has 0 fully saturated rings. The molecule has 0 aliphatic rings. The average molecular weight is 388 g/mol. The van der Waals surface area contributed by atoms with Crippen LogP contribution in [0.25, 0.3) is 21.5 Å². The number of nitrogens with zero attached hydrogens (tertiary/aromatic N) is 1. The van der Waals surface area contributed by atoms with Gasteiger partial charge in [0.25, 0.3) is 0 Å². The van der Waals surface area contributed by atoms with E-state index in [9.17, 15) is 0 Å². The summed E-state index contributed by atoms with van der Waals surface area (Å²) in [6, 6.07) is 39.2. The summed E-state index contributed by atoms with van der Waals surface area (Å²) < 4.78 is 0. The monoisotopic (exact) mass is 387 g/mol. The Balaban J connectivity index is 1.84. The van der Waals surface area contributed by atoms with Gasteiger partial charge in [0.2, 0.25) is 0 Å². The number of rotatable bonds is 4. The van der Waals surface area contributed by atoms with Crippen molar-refractivity contribution in [3.05, 3.63) is 115 Å². The third-order valence-corrected chi connectivity index (χ3v) is 5.82. The molecule has 5 aromatic carbocycles. The van der Waals surface area contributed by atoms with Gasteiger partial charge in [-0.1, -0.05) is 98.8 Å². The van der Waals surface area contributed by atoms with Crippen LogP contribution in [-0.2, 0) is 0 Å². The fourth-order valence-corrected chi connectivity index (χ4v) is 4.40. The predicted octanol–water partition coefficient (Wildman–Crippen LogP) is 8.59. The van der Waals surface area contributed by atoms with Crippen LogP contribution in [0.2, 0.25) is 0 Å². The summed E-state index contributed by atoms with van der Waals surface area (Å²) in [5.74, 6) is 0.478. The zero-order valence-electron chi connectivity index (χ0n) is 17.4. The van der Waals surface area contributed by atoms with Crippen LogP contribution in [0.1, 0.15) is 25.3 Å². The lowest BCUT2D eigenvalue weighted by Crippen LogP contribution is -2.11. The van der Waals surface area contributed by atoms with E-state index in [0.29, 0.717) is 5.92 Å². The van der Waals surface area contributed by atoms with Crippen molar-refractivity contribution in [2.75, 3.05) is 4.90 Å². The van der Waals surface area contributed by atoms with Crippen molar-refractivity contribution in [1.82, 2.24) is 0 Å². The zero-order valence-corrected chi connectivity index (χ0v) is 17.4. The second kappa shape index (κ2) is 7.68. The van der Waals surface area contributed by atoms with Crippen molar-refractivity contribution in [2.24, 2.45) is 0 Å². The molecule has 0 saturated heterocycles. The maximum atomic E-state index is 2.40. The molecule has 146 valence electrons. The van der Waals surface area contributed by atoms with Gasteiger partial charge in [0.15, 0.2) is 0 Å². The minimum Gasteiger partial charge on any atom is -0.309 e. The van der Waals surface area contributed by atoms with Crippen molar-refractivity contribution < 1.29 is 0 Å². The van der Waals surface area contributed by atoms with Gasteiger partial charge in [-0.25, -0.2) is 0 Å². The van der Waals surface area contributed by atoms with Crippen LogP contribution >= 0.6 is 0 Å². The molecule has 0 aliphatic carbocycles. The van der Waals surface area contributed by atoms with Crippen molar-refractivity contribution in [2.45, 2.75) is 19.8 Å². The molecule has 0 aromatic heterocycles. The Kier molecular flexibility index (Phi) is 4.72. The number of fused-ring (bicyclic) bond motifs is 2. The van der Waals surface area contributed by atoms with Gasteiger partial charge in [0.05, 0.1) is 11.4 Å². The van der Waals surface area contributed by atoms with Crippen molar-refractivity contribution in [1.29, 1.82) is 0 Å². The van der Waals surface area contributed by atoms with Gasteiger partial charge in [-0.3, -0.25) is 0 Å². The summed E-state index contributed by atoms with van der Waals surface area (Å²) >= 11 is 0. The van der Waals surface area contributed by atoms with Crippen LogP contribution in [0.5, 0.6) is 0 Å². The van der Waals surface area contributed by atoms with Crippen LogP contribution in [-0.4, -0.2) is 0 Å². The van der Waals surface area contributed by atoms with E-state index in [4.69, 9.17) is 0 Å². The molecular formula is C29H25N. The molecule has 0 spiro atoms. The third-order valence-electron chi connectivity index (χ3n) is 5.82. The summed E-state index contributed by atoms with van der Waals surface area (Å²) in [5, 5.41) is 5.10. The maximum Gasteiger partial charge on any atom is 0.0540 e. The van der Waals surface area contributed by atoms with Gasteiger partial charge in [-0.05, 0) is 46.5 Å². The SMILES string of the molecule is CC(C)c1cccc2c(N(c3ccccc3)c3cccc4ccccc34)cccc12. The lowest BCUT2D eigenvalue weighted by molar-refractivity contribution is 0.876. The van der Waals surface area contributed by atoms with Crippen LogP contribution < -0.4 is 4.90 Å². The van der Waals surface area contributed by atoms with E-state index in [0.717, 1.165) is 5.69 Å². The number of para-hydroxylation sites is 1. The Morgan fingerprint density at radius 1 is 0.500 bits per heavy atom. The summed E-state index contributed by atoms with van der Waals surface area (Å²) in [7, 11) is 0. The molecule has 0 heterocycles. The number of benzene rings is 5. The second-order valence-corrected chi connectivity index (χ2v) is 8.04. The predicted molar refractivity (Wildman–Crippen MR) is 130 cm³/mol. The molecular weight excluding hydrogens is 362 g/mol. The number of hydrogen-bond acceptors (Lipinski definition) is 1. The Bertz CT molecular complexity index is 1310. The highest BCUT2D eigenvalue weighted by molar-refractivity contribution is 6.05. The Morgan fingerprint density at radius 2 is 1.07 bits per heavy atom. The highest BCUT2D eigenvalue weighted by Crippen LogP contribution is 2.42. The van der Waals surface area contributed by atoms with Crippen molar-refractivity contribution >= 4 is 38.6 Å². The molecule has 0 aliphatic heterocycles. The fourth-order valence-electron chi connectivity index (χ4n) is 4.40. The molecule has 0 unspecified atom stereocenters. The van der Waals surface area contributed by atoms with Crippen LogP contribution in [0.4, 0.5) is 17.1 Å².